The molecule has 0 bridgehead atoms. The number of nitrogens with two attached hydrogens (primary N) is 3. The zero-order valence-electron chi connectivity index (χ0n) is 27.8. The van der Waals surface area contributed by atoms with Gasteiger partial charge in [0.2, 0.25) is 20.9 Å². The predicted octanol–water partition coefficient (Wildman–Crippen LogP) is 2.72. The largest absolute Gasteiger partial charge is 0.351 e. The van der Waals surface area contributed by atoms with Crippen molar-refractivity contribution < 1.29 is 8.42 Å². The fourth-order valence-corrected chi connectivity index (χ4v) is 6.34. The van der Waals surface area contributed by atoms with Crippen LogP contribution in [0.15, 0.2) is 78.2 Å². The van der Waals surface area contributed by atoms with Crippen LogP contribution in [0.25, 0.3) is 33.7 Å². The number of nitrogens with one attached hydrogen (secondary N) is 1. The number of benzene rings is 2. The molecule has 0 radical (unpaired) electrons. The van der Waals surface area contributed by atoms with E-state index >= 15 is 0 Å². The van der Waals surface area contributed by atoms with E-state index in [1.54, 1.807) is 16.9 Å². The van der Waals surface area contributed by atoms with Crippen LogP contribution >= 0.6 is 0 Å². The molecule has 4 aromatic heterocycles. The molecule has 16 nitrogen and oxygen atoms in total. The maximum atomic E-state index is 11.4. The highest BCUT2D eigenvalue weighted by molar-refractivity contribution is 7.90. The van der Waals surface area contributed by atoms with Gasteiger partial charge in [0.25, 0.3) is 0 Å². The first-order valence-corrected chi connectivity index (χ1v) is 18.5. The van der Waals surface area contributed by atoms with Gasteiger partial charge in [-0.3, -0.25) is 0 Å². The monoisotopic (exact) mass is 698 g/mol. The zero-order valence-corrected chi connectivity index (χ0v) is 28.6. The summed E-state index contributed by atoms with van der Waals surface area (Å²) >= 11 is 0. The van der Waals surface area contributed by atoms with Crippen LogP contribution < -0.4 is 22.5 Å². The van der Waals surface area contributed by atoms with Gasteiger partial charge in [-0.25, -0.2) is 18.4 Å². The van der Waals surface area contributed by atoms with E-state index in [2.05, 4.69) is 45.9 Å². The second-order valence-electron chi connectivity index (χ2n) is 12.6. The van der Waals surface area contributed by atoms with Crippen LogP contribution in [0.3, 0.4) is 0 Å². The molecule has 6 aromatic rings. The molecule has 262 valence electrons. The summed E-state index contributed by atoms with van der Waals surface area (Å²) in [6.07, 6.45) is 12.9. The van der Waals surface area contributed by atoms with Crippen LogP contribution in [0.4, 0.5) is 5.95 Å². The minimum absolute atomic E-state index is 0.232. The van der Waals surface area contributed by atoms with Crippen LogP contribution in [-0.2, 0) is 9.84 Å². The SMILES string of the molecule is CS(=O)(=O)c1nccc(-n2nnc3ccccc32)n1.NC1CCC(N)CC1.NC1CCC(Nc2nccc(-n3nnc4ccccc43)n2)CC1. The molecule has 2 aliphatic rings. The van der Waals surface area contributed by atoms with Gasteiger partial charge in [-0.15, -0.1) is 10.2 Å². The van der Waals surface area contributed by atoms with E-state index in [9.17, 15) is 8.42 Å². The van der Waals surface area contributed by atoms with Gasteiger partial charge < -0.3 is 22.5 Å². The minimum atomic E-state index is -3.45. The fourth-order valence-electron chi connectivity index (χ4n) is 5.83. The molecule has 0 amide bonds. The molecule has 0 unspecified atom stereocenters. The lowest BCUT2D eigenvalue weighted by molar-refractivity contribution is 0.395. The minimum Gasteiger partial charge on any atom is -0.351 e. The third kappa shape index (κ3) is 8.78. The molecule has 0 spiro atoms. The van der Waals surface area contributed by atoms with Gasteiger partial charge in [0, 0.05) is 54.9 Å². The standard InChI is InChI=1S/C16H19N7.C11H9N5O2S.C6H14N2/c17-11-5-7-12(8-6-11)19-16-18-10-9-15(20-16)23-14-4-2-1-3-13(14)21-22-23;1-19(17,18)11-12-7-6-10(13-11)16-9-5-3-2-4-8(9)14-15-16;7-5-1-2-6(8)4-3-5/h1-4,9-12H,5-8,17H2,(H,18,19,20);2-7H,1H3;5-6H,1-4,7-8H2. The normalized spacial score (nSPS) is 20.7. The van der Waals surface area contributed by atoms with Crippen LogP contribution in [0, 0.1) is 0 Å². The third-order valence-electron chi connectivity index (χ3n) is 8.65. The van der Waals surface area contributed by atoms with Crippen LogP contribution in [-0.4, -0.2) is 88.8 Å². The molecule has 0 aliphatic heterocycles. The molecular weight excluding hydrogens is 657 g/mol. The molecule has 8 rings (SSSR count). The van der Waals surface area contributed by atoms with Crippen LogP contribution in [0.1, 0.15) is 51.4 Å². The van der Waals surface area contributed by atoms with E-state index < -0.39 is 9.84 Å². The third-order valence-corrected chi connectivity index (χ3v) is 9.51. The van der Waals surface area contributed by atoms with Gasteiger partial charge in [-0.1, -0.05) is 34.7 Å². The summed E-state index contributed by atoms with van der Waals surface area (Å²) in [5, 5.41) is 19.5. The quantitative estimate of drug-likeness (QED) is 0.190. The highest BCUT2D eigenvalue weighted by atomic mass is 32.2. The van der Waals surface area contributed by atoms with Crippen LogP contribution in [0.5, 0.6) is 0 Å². The Kier molecular flexibility index (Phi) is 11.0. The molecular formula is C33H42N14O2S. The van der Waals surface area contributed by atoms with Gasteiger partial charge in [0.1, 0.15) is 11.0 Å². The molecule has 2 saturated carbocycles. The summed E-state index contributed by atoms with van der Waals surface area (Å²) in [5.74, 6) is 1.70. The van der Waals surface area contributed by atoms with E-state index in [0.717, 1.165) is 74.2 Å². The summed E-state index contributed by atoms with van der Waals surface area (Å²) in [5.41, 5.74) is 20.5. The lowest BCUT2D eigenvalue weighted by atomic mass is 9.92. The Balaban J connectivity index is 0.000000144. The first-order chi connectivity index (χ1) is 24.1. The highest BCUT2D eigenvalue weighted by Crippen LogP contribution is 2.21. The lowest BCUT2D eigenvalue weighted by Crippen LogP contribution is -2.33. The number of sulfone groups is 1. The zero-order chi connectivity index (χ0) is 35.1. The average Bonchev–Trinajstić information content (AvgIpc) is 3.76. The summed E-state index contributed by atoms with van der Waals surface area (Å²) < 4.78 is 26.1. The number of aromatic nitrogens is 10. The predicted molar refractivity (Wildman–Crippen MR) is 190 cm³/mol. The van der Waals surface area contributed by atoms with Crippen molar-refractivity contribution in [2.24, 2.45) is 17.2 Å². The number of hydrogen-bond donors (Lipinski definition) is 4. The van der Waals surface area contributed by atoms with Gasteiger partial charge in [0.05, 0.1) is 11.0 Å². The first-order valence-electron chi connectivity index (χ1n) is 16.6. The molecule has 7 N–H and O–H groups in total. The molecule has 2 aromatic carbocycles. The molecule has 50 heavy (non-hydrogen) atoms. The van der Waals surface area contributed by atoms with Crippen molar-refractivity contribution in [3.05, 3.63) is 73.1 Å². The van der Waals surface area contributed by atoms with E-state index in [4.69, 9.17) is 17.2 Å². The fraction of sp³-hybridized carbons (Fsp3) is 0.394. The van der Waals surface area contributed by atoms with Crippen molar-refractivity contribution in [2.75, 3.05) is 11.6 Å². The Morgan fingerprint density at radius 1 is 0.640 bits per heavy atom. The number of nitrogens with zero attached hydrogens (tertiary/aromatic N) is 10. The van der Waals surface area contributed by atoms with Gasteiger partial charge in [-0.05, 0) is 75.6 Å². The molecule has 2 fully saturated rings. The summed E-state index contributed by atoms with van der Waals surface area (Å²) in [6, 6.07) is 20.2. The number of hydrogen-bond acceptors (Lipinski definition) is 14. The maximum absolute atomic E-state index is 11.4. The first kappa shape index (κ1) is 34.9. The van der Waals surface area contributed by atoms with Crippen molar-refractivity contribution in [1.29, 1.82) is 0 Å². The lowest BCUT2D eigenvalue weighted by Gasteiger charge is -2.26. The van der Waals surface area contributed by atoms with Crippen molar-refractivity contribution in [3.8, 4) is 11.6 Å². The van der Waals surface area contributed by atoms with Gasteiger partial charge >= 0.3 is 0 Å². The molecule has 17 heteroatoms. The molecule has 0 saturated heterocycles. The van der Waals surface area contributed by atoms with E-state index in [-0.39, 0.29) is 5.16 Å². The summed E-state index contributed by atoms with van der Waals surface area (Å²) in [4.78, 5) is 16.7. The highest BCUT2D eigenvalue weighted by Gasteiger charge is 2.20. The Bertz CT molecular complexity index is 2110. The molecule has 0 atom stereocenters. The van der Waals surface area contributed by atoms with Crippen molar-refractivity contribution in [1.82, 2.24) is 49.9 Å². The average molecular weight is 699 g/mol. The van der Waals surface area contributed by atoms with Gasteiger partial charge in [0.15, 0.2) is 11.6 Å². The van der Waals surface area contributed by atoms with Crippen LogP contribution in [0.2, 0.25) is 0 Å². The van der Waals surface area contributed by atoms with E-state index in [1.165, 1.54) is 10.9 Å². The smallest absolute Gasteiger partial charge is 0.248 e. The van der Waals surface area contributed by atoms with Crippen molar-refractivity contribution >= 4 is 37.9 Å². The molecule has 2 aliphatic carbocycles. The number of rotatable bonds is 5. The Morgan fingerprint density at radius 2 is 1.10 bits per heavy atom. The molecule has 4 heterocycles. The number of anilines is 1. The van der Waals surface area contributed by atoms with E-state index in [1.807, 2.05) is 54.6 Å². The topological polar surface area (TPSA) is 237 Å². The van der Waals surface area contributed by atoms with Crippen molar-refractivity contribution in [2.45, 2.75) is 80.7 Å². The summed E-state index contributed by atoms with van der Waals surface area (Å²) in [7, 11) is -3.45. The van der Waals surface area contributed by atoms with Crippen molar-refractivity contribution in [3.63, 3.8) is 0 Å². The second kappa shape index (κ2) is 15.7. The Labute approximate surface area is 289 Å². The van der Waals surface area contributed by atoms with E-state index in [0.29, 0.717) is 47.3 Å². The Morgan fingerprint density at radius 3 is 1.62 bits per heavy atom. The Hall–Kier alpha value is -4.97. The maximum Gasteiger partial charge on any atom is 0.248 e. The summed E-state index contributed by atoms with van der Waals surface area (Å²) in [6.45, 7) is 0. The van der Waals surface area contributed by atoms with Gasteiger partial charge in [-0.2, -0.15) is 19.3 Å². The number of fused-ring (bicyclic) bond motifs is 2. The second-order valence-corrected chi connectivity index (χ2v) is 14.5. The number of para-hydroxylation sites is 2.